The van der Waals surface area contributed by atoms with Gasteiger partial charge >= 0.3 is 0 Å². The second-order valence-corrected chi connectivity index (χ2v) is 10.4. The quantitative estimate of drug-likeness (QED) is 0.315. The number of hydrogen-bond donors (Lipinski definition) is 1. The highest BCUT2D eigenvalue weighted by atomic mass is 16.7. The highest BCUT2D eigenvalue weighted by molar-refractivity contribution is 6.01. The summed E-state index contributed by atoms with van der Waals surface area (Å²) in [7, 11) is 3.43. The van der Waals surface area contributed by atoms with E-state index in [1.165, 1.54) is 10.4 Å². The molecule has 0 unspecified atom stereocenters. The van der Waals surface area contributed by atoms with E-state index in [0.717, 1.165) is 83.1 Å². The van der Waals surface area contributed by atoms with Gasteiger partial charge < -0.3 is 19.5 Å². The maximum atomic E-state index is 5.56. The van der Waals surface area contributed by atoms with E-state index < -0.39 is 0 Å². The minimum absolute atomic E-state index is 0.300. The zero-order valence-electron chi connectivity index (χ0n) is 22.9. The molecule has 0 spiro atoms. The first kappa shape index (κ1) is 25.2. The zero-order valence-corrected chi connectivity index (χ0v) is 22.9. The van der Waals surface area contributed by atoms with E-state index in [4.69, 9.17) is 14.2 Å². The molecule has 0 bridgehead atoms. The second kappa shape index (κ2) is 10.7. The molecule has 0 amide bonds. The van der Waals surface area contributed by atoms with Crippen molar-refractivity contribution in [3.05, 3.63) is 66.2 Å². The number of hydrogen-bond acceptors (Lipinski definition) is 10. The molecule has 11 nitrogen and oxygen atoms in total. The number of fused-ring (bicyclic) bond motifs is 2. The largest absolute Gasteiger partial charge is 0.497 e. The minimum atomic E-state index is 0.300. The number of aryl methyl sites for hydroxylation is 1. The van der Waals surface area contributed by atoms with E-state index in [1.807, 2.05) is 42.5 Å². The van der Waals surface area contributed by atoms with Gasteiger partial charge in [0.25, 0.3) is 0 Å². The minimum Gasteiger partial charge on any atom is -0.497 e. The average Bonchev–Trinajstić information content (AvgIpc) is 3.67. The van der Waals surface area contributed by atoms with Crippen LogP contribution in [0.4, 0.5) is 5.82 Å². The summed E-state index contributed by atoms with van der Waals surface area (Å²) in [6.45, 7) is 3.18. The number of benzene rings is 3. The summed E-state index contributed by atoms with van der Waals surface area (Å²) in [4.78, 5) is 3.93. The predicted octanol–water partition coefficient (Wildman–Crippen LogP) is 4.30. The Morgan fingerprint density at radius 1 is 0.878 bits per heavy atom. The standard InChI is InChI=1S/C30H30N8O3/c1-37-35-29(34-36-37)21-6-4-20(5-7-21)28-24-9-8-23(39-2)16-25(24)30(33-32-28)31-22-11-13-38(14-12-22)17-19-3-10-26-27(15-19)41-18-40-26/h3-10,15-16,22H,11-14,17-18H2,1-2H3,(H,31,33). The smallest absolute Gasteiger partial charge is 0.231 e. The fourth-order valence-electron chi connectivity index (χ4n) is 5.48. The van der Waals surface area contributed by atoms with Crippen LogP contribution in [-0.4, -0.2) is 68.3 Å². The van der Waals surface area contributed by atoms with Crippen molar-refractivity contribution in [1.29, 1.82) is 0 Å². The van der Waals surface area contributed by atoms with E-state index in [1.54, 1.807) is 14.2 Å². The Bertz CT molecular complexity index is 1700. The van der Waals surface area contributed by atoms with Gasteiger partial charge in [-0.25, -0.2) is 0 Å². The summed E-state index contributed by atoms with van der Waals surface area (Å²) < 4.78 is 16.5. The van der Waals surface area contributed by atoms with E-state index in [2.05, 4.69) is 54.0 Å². The molecule has 1 saturated heterocycles. The third-order valence-electron chi connectivity index (χ3n) is 7.68. The Morgan fingerprint density at radius 2 is 1.68 bits per heavy atom. The van der Waals surface area contributed by atoms with Gasteiger partial charge in [0.2, 0.25) is 12.6 Å². The highest BCUT2D eigenvalue weighted by Crippen LogP contribution is 2.35. The Kier molecular flexibility index (Phi) is 6.56. The predicted molar refractivity (Wildman–Crippen MR) is 154 cm³/mol. The third kappa shape index (κ3) is 5.11. The van der Waals surface area contributed by atoms with E-state index in [9.17, 15) is 0 Å². The van der Waals surface area contributed by atoms with E-state index in [0.29, 0.717) is 18.7 Å². The van der Waals surface area contributed by atoms with Crippen LogP contribution < -0.4 is 19.5 Å². The summed E-state index contributed by atoms with van der Waals surface area (Å²) in [5, 5.41) is 27.3. The topological polar surface area (TPSA) is 112 Å². The van der Waals surface area contributed by atoms with Crippen molar-refractivity contribution in [3.63, 3.8) is 0 Å². The first-order valence-electron chi connectivity index (χ1n) is 13.7. The number of ether oxygens (including phenoxy) is 3. The normalized spacial score (nSPS) is 15.4. The number of rotatable bonds is 7. The van der Waals surface area contributed by atoms with Crippen LogP contribution in [0, 0.1) is 0 Å². The lowest BCUT2D eigenvalue weighted by atomic mass is 10.0. The summed E-state index contributed by atoms with van der Waals surface area (Å²) in [5.74, 6) is 3.80. The lowest BCUT2D eigenvalue weighted by molar-refractivity contribution is 0.173. The van der Waals surface area contributed by atoms with Gasteiger partial charge in [0.15, 0.2) is 17.3 Å². The van der Waals surface area contributed by atoms with Crippen molar-refractivity contribution >= 4 is 16.6 Å². The molecule has 5 aromatic rings. The summed E-state index contributed by atoms with van der Waals surface area (Å²) >= 11 is 0. The first-order valence-corrected chi connectivity index (χ1v) is 13.7. The number of nitrogens with one attached hydrogen (secondary N) is 1. The van der Waals surface area contributed by atoms with Gasteiger partial charge in [-0.1, -0.05) is 30.3 Å². The number of tetrazole rings is 1. The number of likely N-dealkylation sites (tertiary alicyclic amines) is 1. The van der Waals surface area contributed by atoms with Crippen LogP contribution in [-0.2, 0) is 13.6 Å². The van der Waals surface area contributed by atoms with Crippen LogP contribution in [0.1, 0.15) is 18.4 Å². The van der Waals surface area contributed by atoms with Gasteiger partial charge in [-0.2, -0.15) is 4.80 Å². The van der Waals surface area contributed by atoms with Gasteiger partial charge in [0.1, 0.15) is 11.4 Å². The maximum absolute atomic E-state index is 5.56. The highest BCUT2D eigenvalue weighted by Gasteiger charge is 2.22. The van der Waals surface area contributed by atoms with Gasteiger partial charge in [0.05, 0.1) is 14.2 Å². The molecule has 0 aliphatic carbocycles. The fraction of sp³-hybridized carbons (Fsp3) is 0.300. The third-order valence-corrected chi connectivity index (χ3v) is 7.68. The molecule has 0 atom stereocenters. The Labute approximate surface area is 237 Å². The van der Waals surface area contributed by atoms with Crippen LogP contribution in [0.3, 0.4) is 0 Å². The molecule has 2 aliphatic rings. The average molecular weight is 551 g/mol. The summed E-state index contributed by atoms with van der Waals surface area (Å²) in [6, 6.07) is 20.5. The van der Waals surface area contributed by atoms with E-state index >= 15 is 0 Å². The van der Waals surface area contributed by atoms with Crippen LogP contribution in [0.25, 0.3) is 33.4 Å². The Balaban J connectivity index is 1.08. The van der Waals surface area contributed by atoms with Gasteiger partial charge in [-0.15, -0.1) is 20.4 Å². The molecule has 208 valence electrons. The Morgan fingerprint density at radius 3 is 2.46 bits per heavy atom. The molecule has 1 N–H and O–H groups in total. The molecule has 1 fully saturated rings. The second-order valence-electron chi connectivity index (χ2n) is 10.4. The van der Waals surface area contributed by atoms with Gasteiger partial charge in [-0.3, -0.25) is 4.90 Å². The lowest BCUT2D eigenvalue weighted by Crippen LogP contribution is -2.38. The molecule has 0 radical (unpaired) electrons. The first-order chi connectivity index (χ1) is 20.1. The van der Waals surface area contributed by atoms with Crippen LogP contribution >= 0.6 is 0 Å². The molecule has 4 heterocycles. The number of nitrogens with zero attached hydrogens (tertiary/aromatic N) is 7. The Hall–Kier alpha value is -4.77. The summed E-state index contributed by atoms with van der Waals surface area (Å²) in [6.07, 6.45) is 2.02. The van der Waals surface area contributed by atoms with Gasteiger partial charge in [-0.05, 0) is 54.0 Å². The summed E-state index contributed by atoms with van der Waals surface area (Å²) in [5.41, 5.74) is 3.90. The molecule has 0 saturated carbocycles. The fourth-order valence-corrected chi connectivity index (χ4v) is 5.48. The van der Waals surface area contributed by atoms with Crippen molar-refractivity contribution in [1.82, 2.24) is 35.3 Å². The molecule has 7 rings (SSSR count). The molecule has 2 aliphatic heterocycles. The zero-order chi connectivity index (χ0) is 27.8. The number of piperidine rings is 1. The number of aromatic nitrogens is 6. The van der Waals surface area contributed by atoms with Crippen LogP contribution in [0.15, 0.2) is 60.7 Å². The SMILES string of the molecule is COc1ccc2c(-c3ccc(-c4nnn(C)n4)cc3)nnc(NC3CCN(Cc4ccc5c(c4)OCO5)CC3)c2c1. The monoisotopic (exact) mass is 550 g/mol. The van der Waals surface area contributed by atoms with Crippen molar-refractivity contribution in [2.24, 2.45) is 7.05 Å². The van der Waals surface area contributed by atoms with Crippen molar-refractivity contribution in [3.8, 4) is 39.9 Å². The number of anilines is 1. The van der Waals surface area contributed by atoms with Crippen molar-refractivity contribution < 1.29 is 14.2 Å². The molecule has 41 heavy (non-hydrogen) atoms. The molecule has 3 aromatic carbocycles. The molecular weight excluding hydrogens is 520 g/mol. The van der Waals surface area contributed by atoms with Crippen LogP contribution in [0.5, 0.6) is 17.2 Å². The van der Waals surface area contributed by atoms with E-state index in [-0.39, 0.29) is 0 Å². The molecule has 11 heteroatoms. The van der Waals surface area contributed by atoms with Crippen LogP contribution in [0.2, 0.25) is 0 Å². The van der Waals surface area contributed by atoms with Crippen molar-refractivity contribution in [2.45, 2.75) is 25.4 Å². The maximum Gasteiger partial charge on any atom is 0.231 e. The number of methoxy groups -OCH3 is 1. The van der Waals surface area contributed by atoms with Crippen molar-refractivity contribution in [2.75, 3.05) is 32.3 Å². The van der Waals surface area contributed by atoms with Gasteiger partial charge in [0, 0.05) is 47.6 Å². The lowest BCUT2D eigenvalue weighted by Gasteiger charge is -2.32. The molecule has 2 aromatic heterocycles. The molecular formula is C30H30N8O3.